The number of alkyl halides is 3. The van der Waals surface area contributed by atoms with Gasteiger partial charge in [-0.15, -0.1) is 0 Å². The molecule has 1 N–H and O–H groups in total. The molecule has 1 aromatic heterocycles. The molecule has 7 heteroatoms. The molecule has 0 aliphatic heterocycles. The van der Waals surface area contributed by atoms with Crippen molar-refractivity contribution in [3.8, 4) is 5.75 Å². The van der Waals surface area contributed by atoms with Crippen molar-refractivity contribution in [2.45, 2.75) is 13.1 Å². The number of halogens is 3. The molecular formula is C13H12F3NO3. The van der Waals surface area contributed by atoms with Crippen molar-refractivity contribution in [2.24, 2.45) is 7.05 Å². The highest BCUT2D eigenvalue weighted by atomic mass is 19.4. The number of hydrogen-bond acceptors (Lipinski definition) is 3. The Morgan fingerprint density at radius 3 is 2.55 bits per heavy atom. The highest BCUT2D eigenvalue weighted by Gasteiger charge is 2.34. The number of rotatable bonds is 2. The van der Waals surface area contributed by atoms with Crippen molar-refractivity contribution in [3.63, 3.8) is 0 Å². The smallest absolute Gasteiger partial charge is 0.417 e. The maximum atomic E-state index is 13.0. The molecule has 0 radical (unpaired) electrons. The van der Waals surface area contributed by atoms with E-state index in [9.17, 15) is 23.1 Å². The standard InChI is InChI=1S/C13H12F3NO3/c1-3-20-12(19)11-6-8-9(13(14,15)16)4-7(18)5-10(8)17(11)2/h4-6,18H,3H2,1-2H3. The van der Waals surface area contributed by atoms with E-state index < -0.39 is 23.5 Å². The highest BCUT2D eigenvalue weighted by molar-refractivity contribution is 5.97. The monoisotopic (exact) mass is 287 g/mol. The molecular weight excluding hydrogens is 275 g/mol. The van der Waals surface area contributed by atoms with Gasteiger partial charge in [0.2, 0.25) is 0 Å². The number of nitrogens with zero attached hydrogens (tertiary/aromatic N) is 1. The fraction of sp³-hybridized carbons (Fsp3) is 0.308. The van der Waals surface area contributed by atoms with Crippen molar-refractivity contribution in [2.75, 3.05) is 6.61 Å². The molecule has 0 aliphatic carbocycles. The quantitative estimate of drug-likeness (QED) is 0.864. The number of aromatic nitrogens is 1. The number of fused-ring (bicyclic) bond motifs is 1. The Balaban J connectivity index is 2.73. The number of carbonyl (C=O) groups is 1. The molecule has 0 saturated heterocycles. The minimum atomic E-state index is -4.62. The molecule has 1 aromatic carbocycles. The van der Waals surface area contributed by atoms with Crippen molar-refractivity contribution in [1.29, 1.82) is 0 Å². The largest absolute Gasteiger partial charge is 0.508 e. The zero-order valence-corrected chi connectivity index (χ0v) is 10.8. The van der Waals surface area contributed by atoms with Crippen LogP contribution in [0.3, 0.4) is 0 Å². The lowest BCUT2D eigenvalue weighted by molar-refractivity contribution is -0.136. The molecule has 0 amide bonds. The predicted octanol–water partition coefficient (Wildman–Crippen LogP) is 3.08. The summed E-state index contributed by atoms with van der Waals surface area (Å²) in [5.41, 5.74) is -0.878. The molecule has 0 fully saturated rings. The zero-order chi connectivity index (χ0) is 15.1. The van der Waals surface area contributed by atoms with E-state index in [4.69, 9.17) is 4.74 Å². The summed E-state index contributed by atoms with van der Waals surface area (Å²) < 4.78 is 44.9. The van der Waals surface area contributed by atoms with Crippen molar-refractivity contribution in [1.82, 2.24) is 4.57 Å². The first kappa shape index (κ1) is 14.2. The first-order valence-electron chi connectivity index (χ1n) is 5.82. The van der Waals surface area contributed by atoms with Crippen LogP contribution in [0.1, 0.15) is 23.0 Å². The van der Waals surface area contributed by atoms with E-state index >= 15 is 0 Å². The van der Waals surface area contributed by atoms with Gasteiger partial charge in [0.25, 0.3) is 0 Å². The van der Waals surface area contributed by atoms with Crippen LogP contribution >= 0.6 is 0 Å². The SMILES string of the molecule is CCOC(=O)c1cc2c(C(F)(F)F)cc(O)cc2n1C. The van der Waals surface area contributed by atoms with Crippen LogP contribution in [-0.4, -0.2) is 22.2 Å². The van der Waals surface area contributed by atoms with E-state index in [0.717, 1.165) is 6.07 Å². The van der Waals surface area contributed by atoms with Gasteiger partial charge >= 0.3 is 12.1 Å². The Hall–Kier alpha value is -2.18. The number of hydrogen-bond donors (Lipinski definition) is 1. The van der Waals surface area contributed by atoms with Crippen molar-refractivity contribution in [3.05, 3.63) is 29.5 Å². The molecule has 0 unspecified atom stereocenters. The number of ether oxygens (including phenoxy) is 1. The molecule has 0 bridgehead atoms. The van der Waals surface area contributed by atoms with Crippen LogP contribution in [0.2, 0.25) is 0 Å². The number of benzene rings is 1. The molecule has 4 nitrogen and oxygen atoms in total. The van der Waals surface area contributed by atoms with Gasteiger partial charge in [-0.2, -0.15) is 13.2 Å². The van der Waals surface area contributed by atoms with Crippen LogP contribution < -0.4 is 0 Å². The summed E-state index contributed by atoms with van der Waals surface area (Å²) in [6.45, 7) is 1.73. The second-order valence-electron chi connectivity index (χ2n) is 4.23. The molecule has 0 aliphatic rings. The molecule has 2 rings (SSSR count). The first-order valence-corrected chi connectivity index (χ1v) is 5.82. The summed E-state index contributed by atoms with van der Waals surface area (Å²) >= 11 is 0. The Bertz CT molecular complexity index is 674. The minimum Gasteiger partial charge on any atom is -0.508 e. The number of aromatic hydroxyl groups is 1. The molecule has 0 spiro atoms. The van der Waals surface area contributed by atoms with E-state index in [1.807, 2.05) is 0 Å². The minimum absolute atomic E-state index is 0.00190. The van der Waals surface area contributed by atoms with Gasteiger partial charge in [-0.25, -0.2) is 4.79 Å². The van der Waals surface area contributed by atoms with Gasteiger partial charge in [-0.1, -0.05) is 0 Å². The van der Waals surface area contributed by atoms with Gasteiger partial charge in [-0.05, 0) is 19.1 Å². The number of carbonyl (C=O) groups excluding carboxylic acids is 1. The predicted molar refractivity (Wildman–Crippen MR) is 65.5 cm³/mol. The average molecular weight is 287 g/mol. The van der Waals surface area contributed by atoms with Crippen LogP contribution in [0, 0.1) is 0 Å². The Morgan fingerprint density at radius 2 is 2.00 bits per heavy atom. The number of phenols is 1. The number of esters is 1. The maximum absolute atomic E-state index is 13.0. The summed E-state index contributed by atoms with van der Waals surface area (Å²) in [5, 5.41) is 9.27. The van der Waals surface area contributed by atoms with Gasteiger partial charge in [0.1, 0.15) is 11.4 Å². The molecule has 0 saturated carbocycles. The van der Waals surface area contributed by atoms with E-state index in [1.165, 1.54) is 17.7 Å². The van der Waals surface area contributed by atoms with Crippen LogP contribution in [0.5, 0.6) is 5.75 Å². The maximum Gasteiger partial charge on any atom is 0.417 e. The third-order valence-corrected chi connectivity index (χ3v) is 2.94. The zero-order valence-electron chi connectivity index (χ0n) is 10.8. The fourth-order valence-electron chi connectivity index (χ4n) is 2.05. The van der Waals surface area contributed by atoms with Crippen LogP contribution in [0.15, 0.2) is 18.2 Å². The fourth-order valence-corrected chi connectivity index (χ4v) is 2.05. The number of phenolic OH excluding ortho intramolecular Hbond substituents is 1. The van der Waals surface area contributed by atoms with Crippen molar-refractivity contribution < 1.29 is 27.8 Å². The van der Waals surface area contributed by atoms with Crippen LogP contribution in [0.25, 0.3) is 10.9 Å². The van der Waals surface area contributed by atoms with E-state index in [0.29, 0.717) is 6.07 Å². The first-order chi connectivity index (χ1) is 9.25. The molecule has 108 valence electrons. The van der Waals surface area contributed by atoms with Gasteiger partial charge in [-0.3, -0.25) is 0 Å². The summed E-state index contributed by atoms with van der Waals surface area (Å²) in [6.07, 6.45) is -4.62. The Morgan fingerprint density at radius 1 is 1.35 bits per heavy atom. The second kappa shape index (κ2) is 4.73. The van der Waals surface area contributed by atoms with Gasteiger partial charge in [0.15, 0.2) is 0 Å². The molecule has 1 heterocycles. The van der Waals surface area contributed by atoms with Gasteiger partial charge in [0.05, 0.1) is 17.7 Å². The van der Waals surface area contributed by atoms with Gasteiger partial charge in [0, 0.05) is 18.5 Å². The summed E-state index contributed by atoms with van der Waals surface area (Å²) in [4.78, 5) is 11.7. The second-order valence-corrected chi connectivity index (χ2v) is 4.23. The molecule has 2 aromatic rings. The lowest BCUT2D eigenvalue weighted by Crippen LogP contribution is -2.09. The normalized spacial score (nSPS) is 11.8. The molecule has 0 atom stereocenters. The lowest BCUT2D eigenvalue weighted by atomic mass is 10.1. The summed E-state index contributed by atoms with van der Waals surface area (Å²) in [5.74, 6) is -1.22. The van der Waals surface area contributed by atoms with E-state index in [-0.39, 0.29) is 23.2 Å². The number of aryl methyl sites for hydroxylation is 1. The summed E-state index contributed by atoms with van der Waals surface area (Å²) in [6, 6.07) is 2.93. The topological polar surface area (TPSA) is 51.5 Å². The summed E-state index contributed by atoms with van der Waals surface area (Å²) in [7, 11) is 1.44. The molecule has 20 heavy (non-hydrogen) atoms. The Kier molecular flexibility index (Phi) is 3.37. The highest BCUT2D eigenvalue weighted by Crippen LogP contribution is 2.38. The van der Waals surface area contributed by atoms with Crippen LogP contribution in [0.4, 0.5) is 13.2 Å². The third kappa shape index (κ3) is 2.31. The van der Waals surface area contributed by atoms with Crippen LogP contribution in [-0.2, 0) is 18.0 Å². The third-order valence-electron chi connectivity index (χ3n) is 2.94. The van der Waals surface area contributed by atoms with Crippen molar-refractivity contribution >= 4 is 16.9 Å². The lowest BCUT2D eigenvalue weighted by Gasteiger charge is -2.09. The van der Waals surface area contributed by atoms with E-state index in [2.05, 4.69) is 0 Å². The Labute approximate surface area is 112 Å². The van der Waals surface area contributed by atoms with E-state index in [1.54, 1.807) is 6.92 Å². The average Bonchev–Trinajstić information content (AvgIpc) is 2.65. The van der Waals surface area contributed by atoms with Gasteiger partial charge < -0.3 is 14.4 Å².